The van der Waals surface area contributed by atoms with Gasteiger partial charge >= 0.3 is 0 Å². The van der Waals surface area contributed by atoms with Crippen molar-refractivity contribution in [1.82, 2.24) is 0 Å². The van der Waals surface area contributed by atoms with Gasteiger partial charge in [-0.1, -0.05) is 22.0 Å². The van der Waals surface area contributed by atoms with Crippen LogP contribution in [0.15, 0.2) is 22.7 Å². The van der Waals surface area contributed by atoms with Crippen molar-refractivity contribution in [1.29, 1.82) is 0 Å². The Morgan fingerprint density at radius 2 is 2.26 bits per heavy atom. The Hall–Kier alpha value is -0.580. The van der Waals surface area contributed by atoms with E-state index in [9.17, 15) is 0 Å². The third kappa shape index (κ3) is 4.20. The normalized spacial score (nSPS) is 19.4. The molecule has 4 heteroatoms. The summed E-state index contributed by atoms with van der Waals surface area (Å²) in [4.78, 5) is 2.27. The maximum atomic E-state index is 5.79. The molecule has 1 saturated heterocycles. The van der Waals surface area contributed by atoms with Crippen molar-refractivity contribution in [2.24, 2.45) is 5.73 Å². The number of nitrogens with zero attached hydrogens (tertiary/aromatic N) is 1. The molecule has 0 bridgehead atoms. The topological polar surface area (TPSA) is 38.5 Å². The molecule has 1 atom stereocenters. The molecule has 0 radical (unpaired) electrons. The van der Waals surface area contributed by atoms with Crippen LogP contribution < -0.4 is 10.6 Å². The minimum Gasteiger partial charge on any atom is -0.376 e. The lowest BCUT2D eigenvalue weighted by Crippen LogP contribution is -2.33. The number of hydrogen-bond acceptors (Lipinski definition) is 3. The van der Waals surface area contributed by atoms with Crippen LogP contribution in [-0.2, 0) is 11.2 Å². The molecule has 2 rings (SSSR count). The molecular formula is C15H23BrN2O. The van der Waals surface area contributed by atoms with Crippen LogP contribution in [0.5, 0.6) is 0 Å². The average molecular weight is 327 g/mol. The van der Waals surface area contributed by atoms with E-state index >= 15 is 0 Å². The molecule has 2 N–H and O–H groups in total. The van der Waals surface area contributed by atoms with Crippen LogP contribution in [0.4, 0.5) is 5.69 Å². The summed E-state index contributed by atoms with van der Waals surface area (Å²) in [5, 5.41) is 0. The lowest BCUT2D eigenvalue weighted by atomic mass is 10.1. The fourth-order valence-corrected chi connectivity index (χ4v) is 3.06. The maximum absolute atomic E-state index is 5.79. The second-order valence-electron chi connectivity index (χ2n) is 5.18. The van der Waals surface area contributed by atoms with Gasteiger partial charge in [-0.05, 0) is 49.9 Å². The highest BCUT2D eigenvalue weighted by Gasteiger charge is 2.16. The Morgan fingerprint density at radius 3 is 2.89 bits per heavy atom. The molecule has 1 fully saturated rings. The highest BCUT2D eigenvalue weighted by atomic mass is 79.9. The van der Waals surface area contributed by atoms with Crippen LogP contribution in [0.3, 0.4) is 0 Å². The monoisotopic (exact) mass is 326 g/mol. The van der Waals surface area contributed by atoms with E-state index in [1.807, 2.05) is 0 Å². The number of hydrogen-bond donors (Lipinski definition) is 1. The number of nitrogens with two attached hydrogens (primary N) is 1. The van der Waals surface area contributed by atoms with Gasteiger partial charge in [0.15, 0.2) is 0 Å². The zero-order valence-electron chi connectivity index (χ0n) is 11.6. The van der Waals surface area contributed by atoms with Gasteiger partial charge in [-0.15, -0.1) is 0 Å². The van der Waals surface area contributed by atoms with Crippen LogP contribution in [-0.4, -0.2) is 32.8 Å². The van der Waals surface area contributed by atoms with Crippen molar-refractivity contribution < 1.29 is 4.74 Å². The standard InChI is InChI=1S/C15H23BrN2O/c1-18(11-14-4-2-3-9-19-14)13-6-5-12(7-8-17)15(16)10-13/h5-6,10,14H,2-4,7-9,11,17H2,1H3. The van der Waals surface area contributed by atoms with Gasteiger partial charge < -0.3 is 15.4 Å². The molecule has 0 aromatic heterocycles. The smallest absolute Gasteiger partial charge is 0.0749 e. The first kappa shape index (κ1) is 14.8. The summed E-state index contributed by atoms with van der Waals surface area (Å²) in [6, 6.07) is 6.50. The van der Waals surface area contributed by atoms with Crippen molar-refractivity contribution in [2.45, 2.75) is 31.8 Å². The first-order valence-electron chi connectivity index (χ1n) is 7.02. The van der Waals surface area contributed by atoms with Crippen molar-refractivity contribution >= 4 is 21.6 Å². The Bertz CT molecular complexity index is 405. The summed E-state index contributed by atoms with van der Waals surface area (Å²) >= 11 is 3.63. The average Bonchev–Trinajstić information content (AvgIpc) is 2.42. The zero-order chi connectivity index (χ0) is 13.7. The molecule has 1 unspecified atom stereocenters. The molecule has 1 aliphatic heterocycles. The van der Waals surface area contributed by atoms with Gasteiger partial charge in [-0.2, -0.15) is 0 Å². The lowest BCUT2D eigenvalue weighted by molar-refractivity contribution is 0.0216. The first-order valence-corrected chi connectivity index (χ1v) is 7.81. The van der Waals surface area contributed by atoms with Crippen LogP contribution in [0.1, 0.15) is 24.8 Å². The highest BCUT2D eigenvalue weighted by molar-refractivity contribution is 9.10. The Labute approximate surface area is 124 Å². The lowest BCUT2D eigenvalue weighted by Gasteiger charge is -2.29. The van der Waals surface area contributed by atoms with Gasteiger partial charge in [0.25, 0.3) is 0 Å². The minimum atomic E-state index is 0.376. The molecule has 1 aromatic carbocycles. The fourth-order valence-electron chi connectivity index (χ4n) is 2.49. The molecule has 1 heterocycles. The molecular weight excluding hydrogens is 304 g/mol. The molecule has 1 aromatic rings. The van der Waals surface area contributed by atoms with E-state index < -0.39 is 0 Å². The Morgan fingerprint density at radius 1 is 1.42 bits per heavy atom. The second kappa shape index (κ2) is 7.27. The van der Waals surface area contributed by atoms with Crippen molar-refractivity contribution in [3.05, 3.63) is 28.2 Å². The number of benzene rings is 1. The van der Waals surface area contributed by atoms with E-state index in [1.54, 1.807) is 0 Å². The summed E-state index contributed by atoms with van der Waals surface area (Å²) in [5.74, 6) is 0. The van der Waals surface area contributed by atoms with Gasteiger partial charge in [-0.25, -0.2) is 0 Å². The summed E-state index contributed by atoms with van der Waals surface area (Å²) in [5.41, 5.74) is 8.10. The zero-order valence-corrected chi connectivity index (χ0v) is 13.2. The molecule has 0 spiro atoms. The molecule has 3 nitrogen and oxygen atoms in total. The molecule has 0 saturated carbocycles. The predicted molar refractivity (Wildman–Crippen MR) is 83.8 cm³/mol. The van der Waals surface area contributed by atoms with Crippen LogP contribution in [0.2, 0.25) is 0 Å². The largest absolute Gasteiger partial charge is 0.376 e. The Kier molecular flexibility index (Phi) is 5.67. The minimum absolute atomic E-state index is 0.376. The van der Waals surface area contributed by atoms with Gasteiger partial charge in [0.2, 0.25) is 0 Å². The molecule has 19 heavy (non-hydrogen) atoms. The number of ether oxygens (including phenoxy) is 1. The van der Waals surface area contributed by atoms with Crippen LogP contribution in [0, 0.1) is 0 Å². The van der Waals surface area contributed by atoms with E-state index in [0.717, 1.165) is 24.0 Å². The Balaban J connectivity index is 1.98. The van der Waals surface area contributed by atoms with E-state index in [2.05, 4.69) is 46.1 Å². The molecule has 0 aliphatic carbocycles. The van der Waals surface area contributed by atoms with Crippen LogP contribution in [0.25, 0.3) is 0 Å². The third-order valence-electron chi connectivity index (χ3n) is 3.64. The maximum Gasteiger partial charge on any atom is 0.0749 e. The summed E-state index contributed by atoms with van der Waals surface area (Å²) in [6.45, 7) is 2.56. The van der Waals surface area contributed by atoms with E-state index in [4.69, 9.17) is 10.5 Å². The van der Waals surface area contributed by atoms with E-state index in [1.165, 1.54) is 30.5 Å². The fraction of sp³-hybridized carbons (Fsp3) is 0.600. The SMILES string of the molecule is CN(CC1CCCCO1)c1ccc(CCN)c(Br)c1. The van der Waals surface area contributed by atoms with Gasteiger partial charge in [0, 0.05) is 30.4 Å². The number of anilines is 1. The van der Waals surface area contributed by atoms with Crippen molar-refractivity contribution in [2.75, 3.05) is 31.6 Å². The quantitative estimate of drug-likeness (QED) is 0.904. The number of likely N-dealkylation sites (N-methyl/N-ethyl adjacent to an activating group) is 1. The molecule has 106 valence electrons. The van der Waals surface area contributed by atoms with E-state index in [0.29, 0.717) is 12.6 Å². The van der Waals surface area contributed by atoms with Gasteiger partial charge in [0.1, 0.15) is 0 Å². The van der Waals surface area contributed by atoms with Gasteiger partial charge in [-0.3, -0.25) is 0 Å². The first-order chi connectivity index (χ1) is 9.20. The number of halogens is 1. The van der Waals surface area contributed by atoms with Gasteiger partial charge in [0.05, 0.1) is 6.10 Å². The summed E-state index contributed by atoms with van der Waals surface area (Å²) in [6.07, 6.45) is 4.96. The predicted octanol–water partition coefficient (Wildman–Crippen LogP) is 2.96. The molecule has 0 amide bonds. The van der Waals surface area contributed by atoms with E-state index in [-0.39, 0.29) is 0 Å². The highest BCUT2D eigenvalue weighted by Crippen LogP contribution is 2.25. The summed E-state index contributed by atoms with van der Waals surface area (Å²) in [7, 11) is 2.13. The second-order valence-corrected chi connectivity index (χ2v) is 6.04. The molecule has 1 aliphatic rings. The van der Waals surface area contributed by atoms with Crippen molar-refractivity contribution in [3.63, 3.8) is 0 Å². The number of rotatable bonds is 5. The van der Waals surface area contributed by atoms with Crippen LogP contribution >= 0.6 is 15.9 Å². The summed E-state index contributed by atoms with van der Waals surface area (Å²) < 4.78 is 6.94. The third-order valence-corrected chi connectivity index (χ3v) is 4.38. The van der Waals surface area contributed by atoms with Crippen molar-refractivity contribution in [3.8, 4) is 0 Å².